The predicted octanol–water partition coefficient (Wildman–Crippen LogP) is 4.98. The van der Waals surface area contributed by atoms with Crippen LogP contribution in [-0.2, 0) is 11.0 Å². The first-order chi connectivity index (χ1) is 19.3. The molecule has 3 aliphatic rings. The summed E-state index contributed by atoms with van der Waals surface area (Å²) in [5.41, 5.74) is -0.955. The fraction of sp³-hybridized carbons (Fsp3) is 0.655. The summed E-state index contributed by atoms with van der Waals surface area (Å²) in [4.78, 5) is 33.1. The van der Waals surface area contributed by atoms with E-state index >= 15 is 0 Å². The Balaban J connectivity index is 1.37. The first-order valence-corrected chi connectivity index (χ1v) is 14.7. The molecule has 0 radical (unpaired) electrons. The summed E-state index contributed by atoms with van der Waals surface area (Å²) >= 11 is 0. The number of hydrogen-bond acceptors (Lipinski definition) is 5. The van der Waals surface area contributed by atoms with Crippen molar-refractivity contribution in [3.05, 3.63) is 41.5 Å². The van der Waals surface area contributed by atoms with Crippen LogP contribution in [-0.4, -0.2) is 63.2 Å². The summed E-state index contributed by atoms with van der Waals surface area (Å²) in [6.07, 6.45) is 6.19. The predicted molar refractivity (Wildman–Crippen MR) is 144 cm³/mol. The number of amides is 2. The second-order valence-electron chi connectivity index (χ2n) is 11.5. The largest absolute Gasteiger partial charge is 0.418 e. The van der Waals surface area contributed by atoms with Crippen molar-refractivity contribution >= 4 is 11.8 Å². The number of nitrogens with zero attached hydrogens (tertiary/aromatic N) is 4. The maximum absolute atomic E-state index is 13.9. The molecule has 40 heavy (non-hydrogen) atoms. The summed E-state index contributed by atoms with van der Waals surface area (Å²) in [6, 6.07) is 5.02. The summed E-state index contributed by atoms with van der Waals surface area (Å²) in [5, 5.41) is 10.3. The molecule has 1 saturated heterocycles. The van der Waals surface area contributed by atoms with Crippen LogP contribution in [0.2, 0.25) is 0 Å². The average molecular weight is 561 g/mol. The van der Waals surface area contributed by atoms with Gasteiger partial charge < -0.3 is 15.5 Å². The highest BCUT2D eigenvalue weighted by Crippen LogP contribution is 2.37. The molecule has 218 valence electrons. The molecule has 0 bridgehead atoms. The second kappa shape index (κ2) is 12.7. The molecule has 2 heterocycles. The number of benzene rings is 1. The number of alkyl halides is 3. The van der Waals surface area contributed by atoms with Crippen molar-refractivity contribution in [1.82, 2.24) is 30.3 Å². The lowest BCUT2D eigenvalue weighted by Crippen LogP contribution is -2.45. The Hall–Kier alpha value is -2.95. The van der Waals surface area contributed by atoms with Crippen LogP contribution in [0.3, 0.4) is 0 Å². The van der Waals surface area contributed by atoms with Crippen molar-refractivity contribution in [2.75, 3.05) is 19.6 Å². The lowest BCUT2D eigenvalue weighted by molar-refractivity contribution is -0.137. The fourth-order valence-corrected chi connectivity index (χ4v) is 6.00. The fourth-order valence-electron chi connectivity index (χ4n) is 6.00. The molecular weight excluding hydrogens is 521 g/mol. The molecule has 2 aromatic rings. The third-order valence-electron chi connectivity index (χ3n) is 8.47. The van der Waals surface area contributed by atoms with Crippen molar-refractivity contribution in [3.63, 3.8) is 0 Å². The number of hydrogen-bond donors (Lipinski definition) is 2. The molecule has 3 fully saturated rings. The van der Waals surface area contributed by atoms with Crippen LogP contribution >= 0.6 is 0 Å². The van der Waals surface area contributed by atoms with Gasteiger partial charge in [0.05, 0.1) is 11.3 Å². The van der Waals surface area contributed by atoms with Crippen LogP contribution in [0.25, 0.3) is 5.69 Å². The Bertz CT molecular complexity index is 1170. The van der Waals surface area contributed by atoms with E-state index in [1.54, 1.807) is 0 Å². The highest BCUT2D eigenvalue weighted by Gasteiger charge is 2.36. The zero-order valence-corrected chi connectivity index (χ0v) is 22.9. The molecule has 1 unspecified atom stereocenters. The van der Waals surface area contributed by atoms with Crippen molar-refractivity contribution in [2.24, 2.45) is 0 Å². The van der Waals surface area contributed by atoms with Gasteiger partial charge in [-0.15, -0.1) is 5.10 Å². The molecule has 2 N–H and O–H groups in total. The topological polar surface area (TPSA) is 92.2 Å². The van der Waals surface area contributed by atoms with Gasteiger partial charge in [0.15, 0.2) is 0 Å². The number of aromatic nitrogens is 3. The van der Waals surface area contributed by atoms with Crippen LogP contribution in [0, 0.1) is 0 Å². The molecule has 2 amide bonds. The number of piperidine rings is 1. The van der Waals surface area contributed by atoms with Gasteiger partial charge in [-0.1, -0.05) is 31.4 Å². The van der Waals surface area contributed by atoms with E-state index in [0.717, 1.165) is 83.5 Å². The van der Waals surface area contributed by atoms with E-state index in [-0.39, 0.29) is 35.8 Å². The molecule has 1 aromatic heterocycles. The highest BCUT2D eigenvalue weighted by molar-refractivity contribution is 5.91. The normalized spacial score (nSPS) is 19.8. The number of para-hydroxylation sites is 1. The van der Waals surface area contributed by atoms with Crippen LogP contribution in [0.15, 0.2) is 24.3 Å². The van der Waals surface area contributed by atoms with E-state index in [9.17, 15) is 22.8 Å². The van der Waals surface area contributed by atoms with Gasteiger partial charge in [-0.3, -0.25) is 9.59 Å². The SMILES string of the molecule is O=C(CC(CCN1CCCCC1)NC(=O)c1nc(C2CCCC2)n(-c2ccccc2C(F)(F)F)n1)NC1CCC1. The van der Waals surface area contributed by atoms with Gasteiger partial charge in [-0.2, -0.15) is 13.2 Å². The minimum atomic E-state index is -4.58. The van der Waals surface area contributed by atoms with E-state index in [0.29, 0.717) is 12.2 Å². The molecule has 2 aliphatic carbocycles. The quantitative estimate of drug-likeness (QED) is 0.428. The van der Waals surface area contributed by atoms with Gasteiger partial charge in [-0.05, 0) is 76.6 Å². The summed E-state index contributed by atoms with van der Waals surface area (Å²) < 4.78 is 42.8. The van der Waals surface area contributed by atoms with E-state index in [2.05, 4.69) is 25.6 Å². The van der Waals surface area contributed by atoms with Crippen molar-refractivity contribution in [2.45, 2.75) is 101 Å². The minimum Gasteiger partial charge on any atom is -0.353 e. The molecule has 11 heteroatoms. The van der Waals surface area contributed by atoms with E-state index < -0.39 is 23.7 Å². The zero-order chi connectivity index (χ0) is 28.1. The summed E-state index contributed by atoms with van der Waals surface area (Å²) in [5.74, 6) is -0.521. The van der Waals surface area contributed by atoms with Crippen LogP contribution in [0.4, 0.5) is 13.2 Å². The van der Waals surface area contributed by atoms with Crippen molar-refractivity contribution < 1.29 is 22.8 Å². The Morgan fingerprint density at radius 1 is 0.975 bits per heavy atom. The Labute approximate surface area is 233 Å². The Morgan fingerprint density at radius 2 is 1.70 bits per heavy atom. The van der Waals surface area contributed by atoms with Crippen LogP contribution < -0.4 is 10.6 Å². The van der Waals surface area contributed by atoms with Gasteiger partial charge in [0, 0.05) is 31.0 Å². The Kier molecular flexibility index (Phi) is 9.07. The van der Waals surface area contributed by atoms with Gasteiger partial charge >= 0.3 is 6.18 Å². The third kappa shape index (κ3) is 7.03. The van der Waals surface area contributed by atoms with E-state index in [4.69, 9.17) is 0 Å². The number of rotatable bonds is 10. The lowest BCUT2D eigenvalue weighted by Gasteiger charge is -2.29. The standard InChI is InChI=1S/C29H39F3N6O2/c30-29(31,32)23-13-4-5-14-24(23)38-27(20-9-2-3-10-20)35-26(36-38)28(40)34-22(15-18-37-16-6-1-7-17-37)19-25(39)33-21-11-8-12-21/h4-5,13-14,20-22H,1-3,6-12,15-19H2,(H,33,39)(H,34,40). The molecule has 5 rings (SSSR count). The first kappa shape index (κ1) is 28.6. The average Bonchev–Trinajstić information content (AvgIpc) is 3.60. The third-order valence-corrected chi connectivity index (χ3v) is 8.47. The van der Waals surface area contributed by atoms with Gasteiger partial charge in [0.2, 0.25) is 11.7 Å². The van der Waals surface area contributed by atoms with E-state index in [1.807, 2.05) is 0 Å². The van der Waals surface area contributed by atoms with Crippen molar-refractivity contribution in [1.29, 1.82) is 0 Å². The second-order valence-corrected chi connectivity index (χ2v) is 11.5. The first-order valence-electron chi connectivity index (χ1n) is 14.7. The highest BCUT2D eigenvalue weighted by atomic mass is 19.4. The number of carbonyl (C=O) groups excluding carboxylic acids is 2. The van der Waals surface area contributed by atoms with Gasteiger partial charge in [0.1, 0.15) is 5.82 Å². The Morgan fingerprint density at radius 3 is 2.38 bits per heavy atom. The maximum Gasteiger partial charge on any atom is 0.418 e. The summed E-state index contributed by atoms with van der Waals surface area (Å²) in [6.45, 7) is 2.77. The molecule has 1 aromatic carbocycles. The molecule has 2 saturated carbocycles. The number of nitrogens with one attached hydrogen (secondary N) is 2. The molecular formula is C29H39F3N6O2. The number of carbonyl (C=O) groups is 2. The monoisotopic (exact) mass is 560 g/mol. The van der Waals surface area contributed by atoms with Crippen molar-refractivity contribution in [3.8, 4) is 5.69 Å². The maximum atomic E-state index is 13.9. The zero-order valence-electron chi connectivity index (χ0n) is 22.9. The molecule has 1 aliphatic heterocycles. The van der Waals surface area contributed by atoms with Crippen LogP contribution in [0.5, 0.6) is 0 Å². The van der Waals surface area contributed by atoms with Gasteiger partial charge in [-0.25, -0.2) is 9.67 Å². The smallest absolute Gasteiger partial charge is 0.353 e. The number of halogens is 3. The summed E-state index contributed by atoms with van der Waals surface area (Å²) in [7, 11) is 0. The molecule has 0 spiro atoms. The molecule has 1 atom stereocenters. The van der Waals surface area contributed by atoms with E-state index in [1.165, 1.54) is 29.3 Å². The number of likely N-dealkylation sites (tertiary alicyclic amines) is 1. The lowest BCUT2D eigenvalue weighted by atomic mass is 9.93. The van der Waals surface area contributed by atoms with Crippen LogP contribution in [0.1, 0.15) is 105 Å². The van der Waals surface area contributed by atoms with Gasteiger partial charge in [0.25, 0.3) is 5.91 Å². The molecule has 8 nitrogen and oxygen atoms in total. The minimum absolute atomic E-state index is 0.0708.